The number of ether oxygens (including phenoxy) is 1. The van der Waals surface area contributed by atoms with Crippen molar-refractivity contribution in [3.8, 4) is 5.75 Å². The lowest BCUT2D eigenvalue weighted by molar-refractivity contribution is 0.102. The van der Waals surface area contributed by atoms with E-state index in [1.807, 2.05) is 13.0 Å². The first-order valence-electron chi connectivity index (χ1n) is 8.63. The van der Waals surface area contributed by atoms with Gasteiger partial charge in [0.1, 0.15) is 5.75 Å². The van der Waals surface area contributed by atoms with Crippen molar-refractivity contribution < 1.29 is 17.9 Å². The van der Waals surface area contributed by atoms with Crippen molar-refractivity contribution >= 4 is 38.9 Å². The number of anilines is 2. The summed E-state index contributed by atoms with van der Waals surface area (Å²) in [7, 11) is -2.24. The summed E-state index contributed by atoms with van der Waals surface area (Å²) in [6, 6.07) is 17.7. The van der Waals surface area contributed by atoms with Gasteiger partial charge in [-0.3, -0.25) is 9.52 Å². The second kappa shape index (κ2) is 8.55. The lowest BCUT2D eigenvalue weighted by atomic mass is 10.1. The number of hydrogen-bond donors (Lipinski definition) is 2. The van der Waals surface area contributed by atoms with Crippen molar-refractivity contribution in [3.63, 3.8) is 0 Å². The third kappa shape index (κ3) is 4.88. The van der Waals surface area contributed by atoms with Crippen molar-refractivity contribution in [2.24, 2.45) is 0 Å². The lowest BCUT2D eigenvalue weighted by Gasteiger charge is -2.13. The van der Waals surface area contributed by atoms with Crippen LogP contribution in [-0.4, -0.2) is 21.4 Å². The Morgan fingerprint density at radius 1 is 1.00 bits per heavy atom. The largest absolute Gasteiger partial charge is 0.495 e. The van der Waals surface area contributed by atoms with Gasteiger partial charge in [-0.2, -0.15) is 0 Å². The van der Waals surface area contributed by atoms with E-state index in [2.05, 4.69) is 10.0 Å². The van der Waals surface area contributed by atoms with E-state index in [0.717, 1.165) is 5.56 Å². The molecule has 0 atom stereocenters. The molecule has 3 rings (SSSR count). The van der Waals surface area contributed by atoms with Gasteiger partial charge in [-0.25, -0.2) is 8.42 Å². The first-order chi connectivity index (χ1) is 13.8. The second-order valence-corrected chi connectivity index (χ2v) is 8.36. The SMILES string of the molecule is COc1ccc(C)cc1NC(=O)c1ccc(NS(=O)(=O)c2ccccc2)cc1Cl. The van der Waals surface area contributed by atoms with E-state index in [1.54, 1.807) is 30.3 Å². The van der Waals surface area contributed by atoms with E-state index in [0.29, 0.717) is 11.4 Å². The summed E-state index contributed by atoms with van der Waals surface area (Å²) in [6.07, 6.45) is 0. The van der Waals surface area contributed by atoms with Gasteiger partial charge in [0.2, 0.25) is 0 Å². The van der Waals surface area contributed by atoms with Crippen LogP contribution in [0.2, 0.25) is 5.02 Å². The van der Waals surface area contributed by atoms with Gasteiger partial charge in [0.25, 0.3) is 15.9 Å². The van der Waals surface area contributed by atoms with Crippen LogP contribution in [0, 0.1) is 6.92 Å². The Kier molecular flexibility index (Phi) is 6.10. The van der Waals surface area contributed by atoms with Gasteiger partial charge in [-0.1, -0.05) is 35.9 Å². The predicted octanol–water partition coefficient (Wildman–Crippen LogP) is 4.71. The van der Waals surface area contributed by atoms with Crippen molar-refractivity contribution in [2.45, 2.75) is 11.8 Å². The molecule has 0 unspecified atom stereocenters. The minimum Gasteiger partial charge on any atom is -0.495 e. The molecule has 8 heteroatoms. The van der Waals surface area contributed by atoms with Crippen LogP contribution in [0.5, 0.6) is 5.75 Å². The number of sulfonamides is 1. The highest BCUT2D eigenvalue weighted by Crippen LogP contribution is 2.28. The van der Waals surface area contributed by atoms with E-state index in [9.17, 15) is 13.2 Å². The molecule has 0 radical (unpaired) electrons. The molecular formula is C21H19ClN2O4S. The van der Waals surface area contributed by atoms with Crippen LogP contribution in [0.15, 0.2) is 71.6 Å². The Labute approximate surface area is 174 Å². The standard InChI is InChI=1S/C21H19ClN2O4S/c1-14-8-11-20(28-2)19(12-14)23-21(25)17-10-9-15(13-18(17)22)24-29(26,27)16-6-4-3-5-7-16/h3-13,24H,1-2H3,(H,23,25). The molecule has 0 fully saturated rings. The van der Waals surface area contributed by atoms with Crippen molar-refractivity contribution in [1.82, 2.24) is 0 Å². The van der Waals surface area contributed by atoms with Crippen LogP contribution in [0.4, 0.5) is 11.4 Å². The molecule has 150 valence electrons. The second-order valence-electron chi connectivity index (χ2n) is 6.27. The molecule has 29 heavy (non-hydrogen) atoms. The molecule has 0 aliphatic heterocycles. The van der Waals surface area contributed by atoms with E-state index in [-0.39, 0.29) is 21.2 Å². The first-order valence-corrected chi connectivity index (χ1v) is 10.5. The fourth-order valence-corrected chi connectivity index (χ4v) is 4.02. The van der Waals surface area contributed by atoms with Crippen LogP contribution in [0.3, 0.4) is 0 Å². The van der Waals surface area contributed by atoms with E-state index < -0.39 is 15.9 Å². The fraction of sp³-hybridized carbons (Fsp3) is 0.0952. The molecule has 3 aromatic carbocycles. The van der Waals surface area contributed by atoms with Crippen molar-refractivity contribution in [1.29, 1.82) is 0 Å². The number of hydrogen-bond acceptors (Lipinski definition) is 4. The molecule has 0 aromatic heterocycles. The molecule has 0 saturated heterocycles. The molecule has 2 N–H and O–H groups in total. The lowest BCUT2D eigenvalue weighted by Crippen LogP contribution is -2.15. The normalized spacial score (nSPS) is 11.0. The van der Waals surface area contributed by atoms with Crippen LogP contribution < -0.4 is 14.8 Å². The zero-order chi connectivity index (χ0) is 21.0. The Balaban J connectivity index is 1.81. The minimum atomic E-state index is -3.75. The van der Waals surface area contributed by atoms with Gasteiger partial charge in [-0.15, -0.1) is 0 Å². The Morgan fingerprint density at radius 2 is 1.72 bits per heavy atom. The topological polar surface area (TPSA) is 84.5 Å². The van der Waals surface area contributed by atoms with Crippen LogP contribution in [-0.2, 0) is 10.0 Å². The monoisotopic (exact) mass is 430 g/mol. The number of benzene rings is 3. The molecule has 3 aromatic rings. The van der Waals surface area contributed by atoms with Gasteiger partial charge in [0.05, 0.1) is 34.0 Å². The maximum atomic E-state index is 12.6. The van der Waals surface area contributed by atoms with Gasteiger partial charge in [0.15, 0.2) is 0 Å². The Morgan fingerprint density at radius 3 is 2.38 bits per heavy atom. The summed E-state index contributed by atoms with van der Waals surface area (Å²) in [5.74, 6) is 0.0867. The fourth-order valence-electron chi connectivity index (χ4n) is 2.69. The Bertz CT molecular complexity index is 1150. The van der Waals surface area contributed by atoms with E-state index in [1.165, 1.54) is 37.4 Å². The van der Waals surface area contributed by atoms with Gasteiger partial charge < -0.3 is 10.1 Å². The number of carbonyl (C=O) groups is 1. The van der Waals surface area contributed by atoms with E-state index >= 15 is 0 Å². The number of amides is 1. The summed E-state index contributed by atoms with van der Waals surface area (Å²) in [5.41, 5.74) is 1.93. The highest BCUT2D eigenvalue weighted by molar-refractivity contribution is 7.92. The first kappa shape index (κ1) is 20.7. The number of carbonyl (C=O) groups excluding carboxylic acids is 1. The third-order valence-electron chi connectivity index (χ3n) is 4.12. The smallest absolute Gasteiger partial charge is 0.261 e. The van der Waals surface area contributed by atoms with Gasteiger partial charge in [-0.05, 0) is 55.0 Å². The molecule has 6 nitrogen and oxygen atoms in total. The third-order valence-corrected chi connectivity index (χ3v) is 5.83. The average Bonchev–Trinajstić information content (AvgIpc) is 2.68. The number of methoxy groups -OCH3 is 1. The molecule has 1 amide bonds. The predicted molar refractivity (Wildman–Crippen MR) is 114 cm³/mol. The maximum absolute atomic E-state index is 12.6. The number of nitrogens with one attached hydrogen (secondary N) is 2. The molecule has 0 spiro atoms. The van der Waals surface area contributed by atoms with Gasteiger partial charge in [0, 0.05) is 0 Å². The molecule has 0 saturated carbocycles. The summed E-state index contributed by atoms with van der Waals surface area (Å²) in [5, 5.41) is 2.88. The average molecular weight is 431 g/mol. The molecular weight excluding hydrogens is 412 g/mol. The van der Waals surface area contributed by atoms with Gasteiger partial charge >= 0.3 is 0 Å². The summed E-state index contributed by atoms with van der Waals surface area (Å²) in [4.78, 5) is 12.8. The quantitative estimate of drug-likeness (QED) is 0.593. The summed E-state index contributed by atoms with van der Waals surface area (Å²) in [6.45, 7) is 1.90. The van der Waals surface area contributed by atoms with Crippen LogP contribution >= 0.6 is 11.6 Å². The summed E-state index contributed by atoms with van der Waals surface area (Å²) >= 11 is 6.24. The highest BCUT2D eigenvalue weighted by atomic mass is 35.5. The van der Waals surface area contributed by atoms with Crippen LogP contribution in [0.1, 0.15) is 15.9 Å². The molecule has 0 bridgehead atoms. The number of halogens is 1. The number of rotatable bonds is 6. The van der Waals surface area contributed by atoms with E-state index in [4.69, 9.17) is 16.3 Å². The Hall–Kier alpha value is -3.03. The minimum absolute atomic E-state index is 0.113. The zero-order valence-electron chi connectivity index (χ0n) is 15.8. The maximum Gasteiger partial charge on any atom is 0.261 e. The van der Waals surface area contributed by atoms with Crippen molar-refractivity contribution in [2.75, 3.05) is 17.1 Å². The van der Waals surface area contributed by atoms with Crippen LogP contribution in [0.25, 0.3) is 0 Å². The molecule has 0 heterocycles. The number of aryl methyl sites for hydroxylation is 1. The molecule has 0 aliphatic rings. The highest BCUT2D eigenvalue weighted by Gasteiger charge is 2.17. The zero-order valence-corrected chi connectivity index (χ0v) is 17.3. The molecule has 0 aliphatic carbocycles. The van der Waals surface area contributed by atoms with Crippen molar-refractivity contribution in [3.05, 3.63) is 82.9 Å². The summed E-state index contributed by atoms with van der Waals surface area (Å²) < 4.78 is 32.6.